The summed E-state index contributed by atoms with van der Waals surface area (Å²) in [5, 5.41) is 0.370. The highest BCUT2D eigenvalue weighted by Gasteiger charge is 2.29. The molecule has 0 aliphatic carbocycles. The van der Waals surface area contributed by atoms with Gasteiger partial charge in [-0.2, -0.15) is 0 Å². The maximum atomic E-state index is 11.9. The van der Waals surface area contributed by atoms with Gasteiger partial charge in [0.15, 0.2) is 0 Å². The molecule has 146 valence electrons. The molecule has 0 aliphatic heterocycles. The maximum Gasteiger partial charge on any atom is 0.127 e. The summed E-state index contributed by atoms with van der Waals surface area (Å²) in [5.41, 5.74) is 0. The Labute approximate surface area is 158 Å². The van der Waals surface area contributed by atoms with Crippen molar-refractivity contribution in [3.8, 4) is 0 Å². The van der Waals surface area contributed by atoms with E-state index in [9.17, 15) is 38.9 Å². The topological polar surface area (TPSA) is 172 Å². The van der Waals surface area contributed by atoms with E-state index in [0.29, 0.717) is 16.2 Å². The molecule has 0 radical (unpaired) electrons. The number of hydrogen-bond donors (Lipinski definition) is 0. The number of benzene rings is 4. The Balaban J connectivity index is 2.56. The molecule has 0 spiro atoms. The minimum atomic E-state index is -5.83. The van der Waals surface area contributed by atoms with Crippen LogP contribution in [0, 0.1) is 0 Å². The summed E-state index contributed by atoms with van der Waals surface area (Å²) in [5.74, 6) is 0. The summed E-state index contributed by atoms with van der Waals surface area (Å²) in [7, 11) is -17.1. The van der Waals surface area contributed by atoms with Crippen LogP contribution in [0.4, 0.5) is 0 Å². The van der Waals surface area contributed by atoms with Crippen LogP contribution >= 0.6 is 0 Å². The molecule has 28 heavy (non-hydrogen) atoms. The third-order valence-corrected chi connectivity index (χ3v) is 7.44. The predicted octanol–water partition coefficient (Wildman–Crippen LogP) is 1.30. The Hall–Kier alpha value is -2.35. The molecule has 9 nitrogen and oxygen atoms in total. The number of rotatable bonds is 3. The monoisotopic (exact) mass is 439 g/mol. The molecule has 0 atom stereocenters. The van der Waals surface area contributed by atoms with Gasteiger partial charge in [-0.15, -0.1) is 0 Å². The average molecular weight is 439 g/mol. The van der Waals surface area contributed by atoms with Crippen molar-refractivity contribution in [1.82, 2.24) is 0 Å². The third kappa shape index (κ3) is 2.65. The molecule has 4 aromatic rings. The minimum Gasteiger partial charge on any atom is -0.744 e. The Morgan fingerprint density at radius 1 is 0.500 bits per heavy atom. The van der Waals surface area contributed by atoms with Gasteiger partial charge in [0.1, 0.15) is 30.4 Å². The van der Waals surface area contributed by atoms with Crippen LogP contribution < -0.4 is 0 Å². The van der Waals surface area contributed by atoms with E-state index >= 15 is 0 Å². The second-order valence-electron chi connectivity index (χ2n) is 6.03. The first-order valence-corrected chi connectivity index (χ1v) is 11.7. The van der Waals surface area contributed by atoms with Crippen LogP contribution in [-0.4, -0.2) is 38.9 Å². The molecule has 12 heteroatoms. The third-order valence-electron chi connectivity index (χ3n) is 4.43. The van der Waals surface area contributed by atoms with Crippen LogP contribution in [0.3, 0.4) is 0 Å². The molecule has 0 heterocycles. The summed E-state index contributed by atoms with van der Waals surface area (Å²) in [6.45, 7) is 0. The Bertz CT molecular complexity index is 1520. The SMILES string of the molecule is O=S(=O)([O-])c1c(S(=O)(=O)[O-])c2ccc3cccc4ccc(c1S(=O)(=O)[O-])c2c34. The molecule has 4 aromatic carbocycles. The first-order valence-electron chi connectivity index (χ1n) is 7.43. The summed E-state index contributed by atoms with van der Waals surface area (Å²) < 4.78 is 107. The van der Waals surface area contributed by atoms with E-state index in [1.165, 1.54) is 12.1 Å². The van der Waals surface area contributed by atoms with E-state index in [2.05, 4.69) is 0 Å². The Morgan fingerprint density at radius 3 is 1.25 bits per heavy atom. The van der Waals surface area contributed by atoms with E-state index in [4.69, 9.17) is 0 Å². The van der Waals surface area contributed by atoms with Gasteiger partial charge in [-0.25, -0.2) is 25.3 Å². The minimum absolute atomic E-state index is 0.105. The quantitative estimate of drug-likeness (QED) is 0.337. The zero-order valence-electron chi connectivity index (χ0n) is 13.4. The molecule has 0 saturated heterocycles. The first-order chi connectivity index (χ1) is 12.8. The van der Waals surface area contributed by atoms with Crippen LogP contribution in [0.2, 0.25) is 0 Å². The summed E-state index contributed by atoms with van der Waals surface area (Å²) in [6, 6.07) is 9.91. The fraction of sp³-hybridized carbons (Fsp3) is 0. The molecule has 0 N–H and O–H groups in total. The van der Waals surface area contributed by atoms with Gasteiger partial charge in [0.25, 0.3) is 0 Å². The van der Waals surface area contributed by atoms with E-state index in [1.807, 2.05) is 0 Å². The lowest BCUT2D eigenvalue weighted by atomic mass is 9.94. The van der Waals surface area contributed by atoms with Crippen molar-refractivity contribution >= 4 is 62.7 Å². The first kappa shape index (κ1) is 19.0. The number of hydrogen-bond acceptors (Lipinski definition) is 9. The molecule has 0 aliphatic rings. The summed E-state index contributed by atoms with van der Waals surface area (Å²) >= 11 is 0. The standard InChI is InChI=1S/C16H10O9S3/c17-26(18,19)14-10-6-4-8-2-1-3-9-5-7-11(13(10)12(8)9)15(27(20,21)22)16(14)28(23,24)25/h1-7H,(H,17,18,19)(H,20,21,22)(H,23,24,25)/p-3. The molecule has 0 amide bonds. The van der Waals surface area contributed by atoms with Crippen LogP contribution in [0.15, 0.2) is 57.2 Å². The van der Waals surface area contributed by atoms with E-state index in [1.54, 1.807) is 18.2 Å². The highest BCUT2D eigenvalue weighted by Crippen LogP contribution is 2.44. The van der Waals surface area contributed by atoms with Crippen molar-refractivity contribution in [2.24, 2.45) is 0 Å². The fourth-order valence-corrected chi connectivity index (χ4v) is 7.03. The highest BCUT2D eigenvalue weighted by molar-refractivity contribution is 7.90. The summed E-state index contributed by atoms with van der Waals surface area (Å²) in [6.07, 6.45) is 0. The van der Waals surface area contributed by atoms with Crippen molar-refractivity contribution in [3.63, 3.8) is 0 Å². The van der Waals surface area contributed by atoms with E-state index in [-0.39, 0.29) is 5.39 Å². The van der Waals surface area contributed by atoms with Gasteiger partial charge in [0, 0.05) is 10.8 Å². The van der Waals surface area contributed by atoms with Gasteiger partial charge in [-0.05, 0) is 21.5 Å². The van der Waals surface area contributed by atoms with Gasteiger partial charge in [0.2, 0.25) is 0 Å². The maximum absolute atomic E-state index is 11.9. The van der Waals surface area contributed by atoms with Crippen LogP contribution in [0.1, 0.15) is 0 Å². The zero-order valence-corrected chi connectivity index (χ0v) is 15.9. The highest BCUT2D eigenvalue weighted by atomic mass is 32.2. The molecular weight excluding hydrogens is 432 g/mol. The van der Waals surface area contributed by atoms with Gasteiger partial charge in [-0.3, -0.25) is 0 Å². The van der Waals surface area contributed by atoms with Crippen LogP contribution in [0.5, 0.6) is 0 Å². The second kappa shape index (κ2) is 5.59. The lowest BCUT2D eigenvalue weighted by Gasteiger charge is -2.25. The van der Waals surface area contributed by atoms with Crippen molar-refractivity contribution in [3.05, 3.63) is 42.5 Å². The largest absolute Gasteiger partial charge is 0.744 e. The van der Waals surface area contributed by atoms with Crippen molar-refractivity contribution in [2.75, 3.05) is 0 Å². The summed E-state index contributed by atoms with van der Waals surface area (Å²) in [4.78, 5) is -4.92. The second-order valence-corrected chi connectivity index (χ2v) is 9.98. The van der Waals surface area contributed by atoms with Crippen LogP contribution in [-0.2, 0) is 30.4 Å². The van der Waals surface area contributed by atoms with Crippen molar-refractivity contribution in [1.29, 1.82) is 0 Å². The molecule has 0 fully saturated rings. The lowest BCUT2D eigenvalue weighted by Crippen LogP contribution is -2.16. The molecule has 0 bridgehead atoms. The van der Waals surface area contributed by atoms with Gasteiger partial charge in [0.05, 0.1) is 14.7 Å². The lowest BCUT2D eigenvalue weighted by molar-refractivity contribution is 0.439. The van der Waals surface area contributed by atoms with Gasteiger partial charge >= 0.3 is 0 Å². The van der Waals surface area contributed by atoms with Crippen LogP contribution in [0.25, 0.3) is 32.3 Å². The Kier molecular flexibility index (Phi) is 3.79. The average Bonchev–Trinajstić information content (AvgIpc) is 2.55. The smallest absolute Gasteiger partial charge is 0.127 e. The van der Waals surface area contributed by atoms with Gasteiger partial charge < -0.3 is 13.7 Å². The predicted molar refractivity (Wildman–Crippen MR) is 94.0 cm³/mol. The Morgan fingerprint density at radius 2 is 0.893 bits per heavy atom. The fourth-order valence-electron chi connectivity index (χ4n) is 3.53. The normalized spacial score (nSPS) is 13.7. The van der Waals surface area contributed by atoms with E-state index in [0.717, 1.165) is 12.1 Å². The molecular formula is C16H7O9S3-3. The van der Waals surface area contributed by atoms with E-state index < -0.39 is 55.8 Å². The van der Waals surface area contributed by atoms with Crippen molar-refractivity contribution in [2.45, 2.75) is 14.7 Å². The molecule has 0 saturated carbocycles. The van der Waals surface area contributed by atoms with Crippen molar-refractivity contribution < 1.29 is 38.9 Å². The molecule has 0 aromatic heterocycles. The molecule has 0 unspecified atom stereocenters. The van der Waals surface area contributed by atoms with Gasteiger partial charge in [-0.1, -0.05) is 42.5 Å². The molecule has 4 rings (SSSR count). The zero-order chi connectivity index (χ0) is 20.6.